The summed E-state index contributed by atoms with van der Waals surface area (Å²) in [5.74, 6) is -0.264. The molecule has 37 heavy (non-hydrogen) atoms. The normalized spacial score (nSPS) is 14.8. The second kappa shape index (κ2) is 12.8. The molecule has 2 N–H and O–H groups in total. The third kappa shape index (κ3) is 7.38. The lowest BCUT2D eigenvalue weighted by molar-refractivity contribution is -0.123. The minimum Gasteiger partial charge on any atom is -0.488 e. The number of carbonyl (C=O) groups is 3. The molecule has 3 aromatic carbocycles. The summed E-state index contributed by atoms with van der Waals surface area (Å²) < 4.78 is 28.3. The van der Waals surface area contributed by atoms with E-state index in [1.807, 2.05) is 0 Å². The Morgan fingerprint density at radius 1 is 0.622 bits per heavy atom. The maximum atomic E-state index is 12.7. The molecule has 0 fully saturated rings. The van der Waals surface area contributed by atoms with Crippen LogP contribution < -0.4 is 34.3 Å². The van der Waals surface area contributed by atoms with Gasteiger partial charge in [0.25, 0.3) is 11.8 Å². The van der Waals surface area contributed by atoms with E-state index in [2.05, 4.69) is 10.6 Å². The zero-order valence-electron chi connectivity index (χ0n) is 19.9. The number of benzene rings is 3. The Bertz CT molecular complexity index is 1170. The monoisotopic (exact) mass is 506 g/mol. The Hall–Kier alpha value is -4.73. The highest BCUT2D eigenvalue weighted by Gasteiger charge is 2.20. The standard InChI is InChI=1S/C27H26N2O8/c30-24-17-35-22-11-6-12-23(26(22)37-27(32)19-7-2-1-3-8-19)36-18-25(31)29-14-16-34-21-10-5-4-9-20(21)33-15-13-28-24/h1-12H,13-18H2,(H,28,30)(H,29,31). The summed E-state index contributed by atoms with van der Waals surface area (Å²) >= 11 is 0. The Morgan fingerprint density at radius 2 is 1.11 bits per heavy atom. The minimum absolute atomic E-state index is 0.0445. The maximum absolute atomic E-state index is 12.7. The number of nitrogens with one attached hydrogen (secondary N) is 2. The van der Waals surface area contributed by atoms with Gasteiger partial charge in [-0.15, -0.1) is 0 Å². The van der Waals surface area contributed by atoms with Crippen molar-refractivity contribution in [3.8, 4) is 28.7 Å². The van der Waals surface area contributed by atoms with Gasteiger partial charge in [-0.1, -0.05) is 36.4 Å². The van der Waals surface area contributed by atoms with Crippen LogP contribution in [0.1, 0.15) is 10.4 Å². The van der Waals surface area contributed by atoms with E-state index in [0.29, 0.717) is 17.1 Å². The van der Waals surface area contributed by atoms with E-state index in [-0.39, 0.29) is 56.8 Å². The summed E-state index contributed by atoms with van der Waals surface area (Å²) in [6.07, 6.45) is 0. The smallest absolute Gasteiger partial charge is 0.343 e. The van der Waals surface area contributed by atoms with E-state index >= 15 is 0 Å². The van der Waals surface area contributed by atoms with E-state index in [9.17, 15) is 14.4 Å². The van der Waals surface area contributed by atoms with Crippen molar-refractivity contribution in [3.05, 3.63) is 78.4 Å². The molecule has 0 saturated heterocycles. The number of hydrogen-bond acceptors (Lipinski definition) is 8. The van der Waals surface area contributed by atoms with Crippen LogP contribution in [0.3, 0.4) is 0 Å². The molecule has 192 valence electrons. The molecule has 1 heterocycles. The predicted octanol–water partition coefficient (Wildman–Crippen LogP) is 2.37. The lowest BCUT2D eigenvalue weighted by atomic mass is 10.2. The third-order valence-electron chi connectivity index (χ3n) is 5.08. The molecular weight excluding hydrogens is 480 g/mol. The number of hydrogen-bond donors (Lipinski definition) is 2. The molecule has 0 saturated carbocycles. The average Bonchev–Trinajstić information content (AvgIpc) is 2.92. The SMILES string of the molecule is O=C1COc2cccc(c2OC(=O)c2ccccc2)OCC(=O)NCCOc2ccccc2OCCN1. The van der Waals surface area contributed by atoms with Gasteiger partial charge in [-0.05, 0) is 36.4 Å². The van der Waals surface area contributed by atoms with Crippen LogP contribution >= 0.6 is 0 Å². The van der Waals surface area contributed by atoms with Crippen molar-refractivity contribution >= 4 is 17.8 Å². The van der Waals surface area contributed by atoms with E-state index in [4.69, 9.17) is 23.7 Å². The molecule has 0 radical (unpaired) electrons. The van der Waals surface area contributed by atoms with Crippen LogP contribution in [0, 0.1) is 0 Å². The van der Waals surface area contributed by atoms with Crippen LogP contribution in [0.25, 0.3) is 0 Å². The molecule has 0 unspecified atom stereocenters. The highest BCUT2D eigenvalue weighted by molar-refractivity contribution is 5.91. The van der Waals surface area contributed by atoms with Gasteiger partial charge in [0.05, 0.1) is 18.7 Å². The first kappa shape index (κ1) is 25.4. The zero-order chi connectivity index (χ0) is 25.9. The Morgan fingerprint density at radius 3 is 1.65 bits per heavy atom. The molecule has 0 aromatic heterocycles. The predicted molar refractivity (Wildman–Crippen MR) is 132 cm³/mol. The Balaban J connectivity index is 1.51. The van der Waals surface area contributed by atoms with Crippen molar-refractivity contribution in [2.75, 3.05) is 39.5 Å². The van der Waals surface area contributed by atoms with Gasteiger partial charge >= 0.3 is 5.97 Å². The van der Waals surface area contributed by atoms with Crippen LogP contribution in [-0.2, 0) is 9.59 Å². The van der Waals surface area contributed by atoms with Crippen molar-refractivity contribution < 1.29 is 38.1 Å². The summed E-state index contributed by atoms with van der Waals surface area (Å²) in [6.45, 7) is 0.161. The zero-order valence-corrected chi connectivity index (χ0v) is 19.9. The van der Waals surface area contributed by atoms with E-state index < -0.39 is 17.8 Å². The number of para-hydroxylation sites is 3. The third-order valence-corrected chi connectivity index (χ3v) is 5.08. The Kier molecular flexibility index (Phi) is 8.79. The molecule has 1 aliphatic heterocycles. The summed E-state index contributed by atoms with van der Waals surface area (Å²) in [5, 5.41) is 5.41. The molecule has 0 spiro atoms. The van der Waals surface area contributed by atoms with Crippen molar-refractivity contribution in [1.29, 1.82) is 0 Å². The summed E-state index contributed by atoms with van der Waals surface area (Å²) in [7, 11) is 0. The Labute approximate surface area is 213 Å². The number of rotatable bonds is 2. The van der Waals surface area contributed by atoms with Gasteiger partial charge in [0, 0.05) is 0 Å². The van der Waals surface area contributed by atoms with Gasteiger partial charge in [-0.3, -0.25) is 9.59 Å². The molecule has 10 nitrogen and oxygen atoms in total. The topological polar surface area (TPSA) is 121 Å². The molecule has 2 bridgehead atoms. The molecule has 0 atom stereocenters. The highest BCUT2D eigenvalue weighted by atomic mass is 16.6. The van der Waals surface area contributed by atoms with Gasteiger partial charge in [-0.25, -0.2) is 4.79 Å². The fourth-order valence-corrected chi connectivity index (χ4v) is 3.33. The second-order valence-electron chi connectivity index (χ2n) is 7.76. The van der Waals surface area contributed by atoms with Gasteiger partial charge in [-0.2, -0.15) is 0 Å². The summed E-state index contributed by atoms with van der Waals surface area (Å²) in [5.41, 5.74) is 0.310. The molecule has 2 amide bonds. The molecule has 0 aliphatic carbocycles. The highest BCUT2D eigenvalue weighted by Crippen LogP contribution is 2.38. The fraction of sp³-hybridized carbons (Fsp3) is 0.222. The van der Waals surface area contributed by atoms with E-state index in [0.717, 1.165) is 0 Å². The first-order chi connectivity index (χ1) is 18.1. The maximum Gasteiger partial charge on any atom is 0.343 e. The van der Waals surface area contributed by atoms with E-state index in [1.54, 1.807) is 60.7 Å². The lowest BCUT2D eigenvalue weighted by Crippen LogP contribution is -2.32. The fourth-order valence-electron chi connectivity index (χ4n) is 3.33. The van der Waals surface area contributed by atoms with Crippen LogP contribution in [0.4, 0.5) is 0 Å². The minimum atomic E-state index is -0.650. The van der Waals surface area contributed by atoms with Crippen molar-refractivity contribution in [1.82, 2.24) is 10.6 Å². The molecule has 1 aliphatic rings. The second-order valence-corrected chi connectivity index (χ2v) is 7.76. The number of carbonyl (C=O) groups excluding carboxylic acids is 3. The molecular formula is C27H26N2O8. The first-order valence-electron chi connectivity index (χ1n) is 11.6. The quantitative estimate of drug-likeness (QED) is 0.402. The van der Waals surface area contributed by atoms with Crippen LogP contribution in [-0.4, -0.2) is 57.3 Å². The van der Waals surface area contributed by atoms with Crippen LogP contribution in [0.5, 0.6) is 28.7 Å². The van der Waals surface area contributed by atoms with Crippen LogP contribution in [0.2, 0.25) is 0 Å². The summed E-state index contributed by atoms with van der Waals surface area (Å²) in [6, 6.07) is 20.2. The number of ether oxygens (including phenoxy) is 5. The first-order valence-corrected chi connectivity index (χ1v) is 11.6. The number of amides is 2. The number of fused-ring (bicyclic) bond motifs is 3. The van der Waals surface area contributed by atoms with E-state index in [1.165, 1.54) is 12.1 Å². The average molecular weight is 507 g/mol. The van der Waals surface area contributed by atoms with Crippen molar-refractivity contribution in [3.63, 3.8) is 0 Å². The molecule has 3 aromatic rings. The lowest BCUT2D eigenvalue weighted by Gasteiger charge is -2.16. The number of esters is 1. The van der Waals surface area contributed by atoms with Crippen LogP contribution in [0.15, 0.2) is 72.8 Å². The van der Waals surface area contributed by atoms with Crippen molar-refractivity contribution in [2.45, 2.75) is 0 Å². The molecule has 10 heteroatoms. The van der Waals surface area contributed by atoms with Gasteiger partial charge in [0.1, 0.15) is 13.2 Å². The largest absolute Gasteiger partial charge is 0.488 e. The van der Waals surface area contributed by atoms with Crippen molar-refractivity contribution in [2.24, 2.45) is 0 Å². The summed E-state index contributed by atoms with van der Waals surface area (Å²) in [4.78, 5) is 37.4. The van der Waals surface area contributed by atoms with Gasteiger partial charge in [0.15, 0.2) is 36.2 Å². The van der Waals surface area contributed by atoms with Gasteiger partial charge < -0.3 is 34.3 Å². The van der Waals surface area contributed by atoms with Gasteiger partial charge in [0.2, 0.25) is 5.75 Å². The molecule has 4 rings (SSSR count).